The molecule has 31 heavy (non-hydrogen) atoms. The highest BCUT2D eigenvalue weighted by atomic mass is 32.2. The Hall–Kier alpha value is -1.63. The second-order valence-corrected chi connectivity index (χ2v) is 9.54. The standard InChI is InChI=1S/C20H29FN2O7S/c1-28-9-8-22-20(25)10-15-6-7-17-18(30-15)13-29-12-14(24)11-23(17)31(26,27)19-5-3-2-4-16(19)21/h2-5,14-15,17-18,24H,6-13H2,1H3,(H,22,25)/t14-,15+,17+,18-/m1/s1. The highest BCUT2D eigenvalue weighted by Crippen LogP contribution is 2.32. The summed E-state index contributed by atoms with van der Waals surface area (Å²) < 4.78 is 58.4. The van der Waals surface area contributed by atoms with Crippen molar-refractivity contribution in [3.63, 3.8) is 0 Å². The first kappa shape index (κ1) is 24.0. The zero-order valence-corrected chi connectivity index (χ0v) is 18.2. The Balaban J connectivity index is 1.76. The minimum absolute atomic E-state index is 0.0623. The number of halogens is 1. The van der Waals surface area contributed by atoms with E-state index in [0.29, 0.717) is 26.0 Å². The largest absolute Gasteiger partial charge is 0.389 e. The van der Waals surface area contributed by atoms with E-state index in [1.54, 1.807) is 7.11 Å². The molecule has 0 saturated carbocycles. The number of hydrogen-bond acceptors (Lipinski definition) is 7. The Morgan fingerprint density at radius 2 is 2.10 bits per heavy atom. The number of nitrogens with zero attached hydrogens (tertiary/aromatic N) is 1. The molecule has 2 saturated heterocycles. The minimum atomic E-state index is -4.22. The van der Waals surface area contributed by atoms with Crippen molar-refractivity contribution in [2.45, 2.75) is 48.5 Å². The molecule has 0 unspecified atom stereocenters. The number of sulfonamides is 1. The third-order valence-corrected chi connectivity index (χ3v) is 7.32. The van der Waals surface area contributed by atoms with Crippen molar-refractivity contribution >= 4 is 15.9 Å². The lowest BCUT2D eigenvalue weighted by atomic mass is 9.96. The van der Waals surface area contributed by atoms with Crippen LogP contribution in [0.25, 0.3) is 0 Å². The zero-order valence-electron chi connectivity index (χ0n) is 17.4. The second-order valence-electron chi connectivity index (χ2n) is 7.68. The molecule has 4 atom stereocenters. The first-order valence-electron chi connectivity index (χ1n) is 10.3. The maximum Gasteiger partial charge on any atom is 0.246 e. The normalized spacial score (nSPS) is 27.7. The number of amides is 1. The fraction of sp³-hybridized carbons (Fsp3) is 0.650. The smallest absolute Gasteiger partial charge is 0.246 e. The molecule has 0 radical (unpaired) electrons. The van der Waals surface area contributed by atoms with Gasteiger partial charge in [-0.2, -0.15) is 4.31 Å². The van der Waals surface area contributed by atoms with E-state index in [9.17, 15) is 22.7 Å². The maximum atomic E-state index is 14.3. The van der Waals surface area contributed by atoms with E-state index in [0.717, 1.165) is 10.4 Å². The molecule has 0 aromatic heterocycles. The van der Waals surface area contributed by atoms with Crippen LogP contribution >= 0.6 is 0 Å². The maximum absolute atomic E-state index is 14.3. The van der Waals surface area contributed by atoms with Crippen molar-refractivity contribution in [3.05, 3.63) is 30.1 Å². The van der Waals surface area contributed by atoms with Crippen LogP contribution in [0.1, 0.15) is 19.3 Å². The van der Waals surface area contributed by atoms with Gasteiger partial charge < -0.3 is 24.6 Å². The number of rotatable bonds is 7. The van der Waals surface area contributed by atoms with E-state index in [-0.39, 0.29) is 32.1 Å². The highest BCUT2D eigenvalue weighted by molar-refractivity contribution is 7.89. The Morgan fingerprint density at radius 3 is 2.84 bits per heavy atom. The summed E-state index contributed by atoms with van der Waals surface area (Å²) >= 11 is 0. The lowest BCUT2D eigenvalue weighted by Gasteiger charge is -2.43. The molecule has 0 aliphatic carbocycles. The van der Waals surface area contributed by atoms with Gasteiger partial charge in [-0.25, -0.2) is 12.8 Å². The number of benzene rings is 1. The SMILES string of the molecule is COCCNC(=O)C[C@@H]1CC[C@H]2[C@@H](COC[C@H](O)CN2S(=O)(=O)c2ccccc2F)O1. The average molecular weight is 461 g/mol. The number of β-amino-alcohol motifs (C(OH)–C–C–N with tert-alkyl or cyclic N) is 1. The lowest BCUT2D eigenvalue weighted by Crippen LogP contribution is -2.57. The molecular weight excluding hydrogens is 431 g/mol. The topological polar surface area (TPSA) is 114 Å². The number of hydrogen-bond donors (Lipinski definition) is 2. The van der Waals surface area contributed by atoms with Gasteiger partial charge in [-0.3, -0.25) is 4.79 Å². The average Bonchev–Trinajstić information content (AvgIpc) is 2.71. The fourth-order valence-electron chi connectivity index (χ4n) is 3.92. The summed E-state index contributed by atoms with van der Waals surface area (Å²) in [5.74, 6) is -1.03. The molecular formula is C20H29FN2O7S. The summed E-state index contributed by atoms with van der Waals surface area (Å²) in [4.78, 5) is 11.7. The van der Waals surface area contributed by atoms with Crippen molar-refractivity contribution in [1.29, 1.82) is 0 Å². The second kappa shape index (κ2) is 10.8. The lowest BCUT2D eigenvalue weighted by molar-refractivity contribution is -0.146. The van der Waals surface area contributed by atoms with Crippen LogP contribution in [0.3, 0.4) is 0 Å². The third kappa shape index (κ3) is 5.99. The molecule has 3 rings (SSSR count). The molecule has 2 aliphatic heterocycles. The Morgan fingerprint density at radius 1 is 1.32 bits per heavy atom. The molecule has 1 amide bonds. The number of ether oxygens (including phenoxy) is 3. The van der Waals surface area contributed by atoms with E-state index in [4.69, 9.17) is 14.2 Å². The molecule has 11 heteroatoms. The van der Waals surface area contributed by atoms with Gasteiger partial charge in [-0.05, 0) is 25.0 Å². The summed E-state index contributed by atoms with van der Waals surface area (Å²) in [5, 5.41) is 12.9. The van der Waals surface area contributed by atoms with Gasteiger partial charge in [0.1, 0.15) is 10.7 Å². The van der Waals surface area contributed by atoms with Crippen molar-refractivity contribution in [2.24, 2.45) is 0 Å². The molecule has 9 nitrogen and oxygen atoms in total. The number of carbonyl (C=O) groups is 1. The molecule has 0 bridgehead atoms. The van der Waals surface area contributed by atoms with Crippen molar-refractivity contribution in [2.75, 3.05) is 40.0 Å². The number of nitrogens with one attached hydrogen (secondary N) is 1. The van der Waals surface area contributed by atoms with Crippen LogP contribution in [0, 0.1) is 5.82 Å². The Kier molecular flexibility index (Phi) is 8.36. The number of fused-ring (bicyclic) bond motifs is 1. The molecule has 174 valence electrons. The van der Waals surface area contributed by atoms with E-state index in [1.165, 1.54) is 18.2 Å². The number of methoxy groups -OCH3 is 1. The summed E-state index contributed by atoms with van der Waals surface area (Å²) in [5.41, 5.74) is 0. The van der Waals surface area contributed by atoms with Crippen LogP contribution in [0.15, 0.2) is 29.2 Å². The number of aliphatic hydroxyl groups excluding tert-OH is 1. The predicted octanol–water partition coefficient (Wildman–Crippen LogP) is 0.276. The molecule has 1 aromatic carbocycles. The van der Waals surface area contributed by atoms with Crippen LogP contribution in [0.5, 0.6) is 0 Å². The van der Waals surface area contributed by atoms with Crippen LogP contribution in [0.4, 0.5) is 4.39 Å². The van der Waals surface area contributed by atoms with Gasteiger partial charge in [-0.1, -0.05) is 12.1 Å². The summed E-state index contributed by atoms with van der Waals surface area (Å²) in [7, 11) is -2.68. The van der Waals surface area contributed by atoms with Gasteiger partial charge in [0.25, 0.3) is 0 Å². The fourth-order valence-corrected chi connectivity index (χ4v) is 5.71. The molecule has 1 aromatic rings. The predicted molar refractivity (Wildman–Crippen MR) is 108 cm³/mol. The van der Waals surface area contributed by atoms with Crippen LogP contribution in [-0.2, 0) is 29.0 Å². The van der Waals surface area contributed by atoms with Crippen molar-refractivity contribution in [3.8, 4) is 0 Å². The molecule has 0 spiro atoms. The highest BCUT2D eigenvalue weighted by Gasteiger charge is 2.43. The van der Waals surface area contributed by atoms with E-state index in [2.05, 4.69) is 5.32 Å². The Labute approximate surface area is 181 Å². The first-order valence-corrected chi connectivity index (χ1v) is 11.7. The molecule has 2 fully saturated rings. The van der Waals surface area contributed by atoms with Gasteiger partial charge in [-0.15, -0.1) is 0 Å². The first-order chi connectivity index (χ1) is 14.8. The van der Waals surface area contributed by atoms with Gasteiger partial charge >= 0.3 is 0 Å². The molecule has 2 heterocycles. The molecule has 2 aliphatic rings. The number of carbonyl (C=O) groups excluding carboxylic acids is 1. The van der Waals surface area contributed by atoms with Crippen LogP contribution < -0.4 is 5.32 Å². The van der Waals surface area contributed by atoms with Gasteiger partial charge in [0.05, 0.1) is 50.6 Å². The van der Waals surface area contributed by atoms with E-state index < -0.39 is 45.1 Å². The van der Waals surface area contributed by atoms with E-state index >= 15 is 0 Å². The summed E-state index contributed by atoms with van der Waals surface area (Å²) in [6.45, 7) is 0.555. The quantitative estimate of drug-likeness (QED) is 0.562. The summed E-state index contributed by atoms with van der Waals surface area (Å²) in [6, 6.07) is 4.51. The van der Waals surface area contributed by atoms with Gasteiger partial charge in [0.15, 0.2) is 0 Å². The zero-order chi connectivity index (χ0) is 22.4. The monoisotopic (exact) mass is 460 g/mol. The van der Waals surface area contributed by atoms with Gasteiger partial charge in [0.2, 0.25) is 15.9 Å². The van der Waals surface area contributed by atoms with Gasteiger partial charge in [0, 0.05) is 20.2 Å². The van der Waals surface area contributed by atoms with Crippen molar-refractivity contribution < 1.29 is 36.9 Å². The Bertz CT molecular complexity index is 854. The van der Waals surface area contributed by atoms with Crippen LogP contribution in [0.2, 0.25) is 0 Å². The summed E-state index contributed by atoms with van der Waals surface area (Å²) in [6.07, 6.45) is -1.11. The van der Waals surface area contributed by atoms with E-state index in [1.807, 2.05) is 0 Å². The van der Waals surface area contributed by atoms with Crippen molar-refractivity contribution in [1.82, 2.24) is 9.62 Å². The van der Waals surface area contributed by atoms with Crippen LogP contribution in [-0.4, -0.2) is 88.1 Å². The number of aliphatic hydroxyl groups is 1. The third-order valence-electron chi connectivity index (χ3n) is 5.40. The molecule has 2 N–H and O–H groups in total. The minimum Gasteiger partial charge on any atom is -0.389 e.